The van der Waals surface area contributed by atoms with Crippen molar-refractivity contribution in [3.05, 3.63) is 11.3 Å². The molecule has 1 fully saturated rings. The Balaban J connectivity index is 1.97. The van der Waals surface area contributed by atoms with Crippen molar-refractivity contribution in [2.24, 2.45) is 0 Å². The van der Waals surface area contributed by atoms with Crippen LogP contribution in [-0.4, -0.2) is 42.0 Å². The van der Waals surface area contributed by atoms with Crippen LogP contribution in [0.5, 0.6) is 11.6 Å². The number of carbonyl (C=O) groups is 1. The van der Waals surface area contributed by atoms with Crippen molar-refractivity contribution >= 4 is 5.97 Å². The van der Waals surface area contributed by atoms with E-state index in [1.54, 1.807) is 0 Å². The molecule has 1 atom stereocenters. The molecule has 6 heteroatoms. The molecular formula is C12H17NO5. The Bertz CT molecular complexity index is 436. The molecule has 2 N–H and O–H groups in total. The second-order valence-electron chi connectivity index (χ2n) is 4.29. The molecule has 1 aliphatic rings. The van der Waals surface area contributed by atoms with Gasteiger partial charge < -0.3 is 24.3 Å². The summed E-state index contributed by atoms with van der Waals surface area (Å²) in [6.07, 6.45) is 0.133. The molecule has 0 bridgehead atoms. The zero-order valence-electron chi connectivity index (χ0n) is 10.5. The molecule has 0 saturated carbocycles. The van der Waals surface area contributed by atoms with Gasteiger partial charge in [-0.3, -0.25) is 4.79 Å². The van der Waals surface area contributed by atoms with Gasteiger partial charge in [-0.05, 0) is 13.8 Å². The van der Waals surface area contributed by atoms with Gasteiger partial charge in [-0.1, -0.05) is 0 Å². The van der Waals surface area contributed by atoms with Crippen LogP contribution in [0.25, 0.3) is 0 Å². The van der Waals surface area contributed by atoms with Crippen molar-refractivity contribution in [1.82, 2.24) is 4.98 Å². The molecule has 0 amide bonds. The van der Waals surface area contributed by atoms with Crippen LogP contribution in [0.2, 0.25) is 0 Å². The summed E-state index contributed by atoms with van der Waals surface area (Å²) in [5.41, 5.74) is 1.92. The fourth-order valence-electron chi connectivity index (χ4n) is 1.52. The highest BCUT2D eigenvalue weighted by Gasteiger charge is 2.25. The second kappa shape index (κ2) is 5.30. The van der Waals surface area contributed by atoms with E-state index < -0.39 is 5.97 Å². The number of aliphatic carboxylic acids is 1. The number of aryl methyl sites for hydroxylation is 1. The summed E-state index contributed by atoms with van der Waals surface area (Å²) >= 11 is 0. The molecule has 1 unspecified atom stereocenters. The van der Waals surface area contributed by atoms with Crippen LogP contribution in [0.4, 0.5) is 0 Å². The summed E-state index contributed by atoms with van der Waals surface area (Å²) in [4.78, 5) is 13.5. The van der Waals surface area contributed by atoms with Gasteiger partial charge in [-0.25, -0.2) is 0 Å². The predicted octanol–water partition coefficient (Wildman–Crippen LogP) is 1.26. The Kier molecular flexibility index (Phi) is 3.76. The first-order chi connectivity index (χ1) is 8.58. The van der Waals surface area contributed by atoms with Gasteiger partial charge in [0.15, 0.2) is 5.75 Å². The summed E-state index contributed by atoms with van der Waals surface area (Å²) < 4.78 is 16.1. The number of nitrogens with one attached hydrogen (secondary N) is 1. The molecule has 0 radical (unpaired) electrons. The van der Waals surface area contributed by atoms with Crippen molar-refractivity contribution in [3.8, 4) is 11.6 Å². The van der Waals surface area contributed by atoms with Crippen LogP contribution < -0.4 is 9.47 Å². The fourth-order valence-corrected chi connectivity index (χ4v) is 1.52. The maximum atomic E-state index is 10.4. The average molecular weight is 255 g/mol. The van der Waals surface area contributed by atoms with E-state index in [0.29, 0.717) is 18.2 Å². The van der Waals surface area contributed by atoms with Crippen molar-refractivity contribution in [1.29, 1.82) is 0 Å². The summed E-state index contributed by atoms with van der Waals surface area (Å²) in [5, 5.41) is 8.57. The van der Waals surface area contributed by atoms with Gasteiger partial charge in [0.25, 0.3) is 0 Å². The lowest BCUT2D eigenvalue weighted by molar-refractivity contribution is -0.137. The zero-order valence-corrected chi connectivity index (χ0v) is 10.5. The normalized spacial score (nSPS) is 17.6. The molecule has 0 aromatic carbocycles. The Labute approximate surface area is 105 Å². The molecule has 100 valence electrons. The smallest absolute Gasteiger partial charge is 0.306 e. The van der Waals surface area contributed by atoms with Gasteiger partial charge in [0.05, 0.1) is 13.0 Å². The van der Waals surface area contributed by atoms with Gasteiger partial charge in [-0.15, -0.1) is 0 Å². The number of aromatic amines is 1. The molecule has 1 aromatic heterocycles. The molecule has 18 heavy (non-hydrogen) atoms. The molecule has 1 aliphatic heterocycles. The number of ether oxygens (including phenoxy) is 3. The molecule has 2 heterocycles. The van der Waals surface area contributed by atoms with E-state index in [-0.39, 0.29) is 19.1 Å². The molecular weight excluding hydrogens is 238 g/mol. The minimum absolute atomic E-state index is 0.0394. The van der Waals surface area contributed by atoms with Crippen molar-refractivity contribution in [2.45, 2.75) is 26.4 Å². The summed E-state index contributed by atoms with van der Waals surface area (Å²) in [6.45, 7) is 5.19. The molecule has 6 nitrogen and oxygen atoms in total. The van der Waals surface area contributed by atoms with Gasteiger partial charge in [-0.2, -0.15) is 0 Å². The number of carboxylic acids is 1. The molecule has 2 rings (SSSR count). The first-order valence-electron chi connectivity index (χ1n) is 5.86. The minimum Gasteiger partial charge on any atom is -0.485 e. The molecule has 1 saturated heterocycles. The number of rotatable bonds is 7. The monoisotopic (exact) mass is 255 g/mol. The van der Waals surface area contributed by atoms with Crippen LogP contribution >= 0.6 is 0 Å². The largest absolute Gasteiger partial charge is 0.485 e. The second-order valence-corrected chi connectivity index (χ2v) is 4.29. The van der Waals surface area contributed by atoms with Crippen molar-refractivity contribution in [3.63, 3.8) is 0 Å². The summed E-state index contributed by atoms with van der Waals surface area (Å²) in [7, 11) is 0. The highest BCUT2D eigenvalue weighted by molar-refractivity contribution is 5.66. The maximum absolute atomic E-state index is 10.4. The van der Waals surface area contributed by atoms with Crippen molar-refractivity contribution < 1.29 is 24.1 Å². The van der Waals surface area contributed by atoms with E-state index in [1.807, 2.05) is 13.8 Å². The number of carboxylic acid groups (broad SMARTS) is 1. The van der Waals surface area contributed by atoms with Crippen LogP contribution in [0.1, 0.15) is 17.7 Å². The van der Waals surface area contributed by atoms with E-state index in [2.05, 4.69) is 4.98 Å². The lowest BCUT2D eigenvalue weighted by Crippen LogP contribution is -2.08. The minimum atomic E-state index is -0.885. The standard InChI is InChI=1S/C12H17NO5/c1-7-8(2)13-12(16-4-3-10(14)15)11(7)18-6-9-5-17-9/h9,13H,3-6H2,1-2H3,(H,14,15). The van der Waals surface area contributed by atoms with Crippen LogP contribution in [0.3, 0.4) is 0 Å². The number of hydrogen-bond acceptors (Lipinski definition) is 4. The number of aromatic nitrogens is 1. The quantitative estimate of drug-likeness (QED) is 0.717. The van der Waals surface area contributed by atoms with Gasteiger partial charge in [0, 0.05) is 11.3 Å². The van der Waals surface area contributed by atoms with E-state index in [9.17, 15) is 4.79 Å². The molecule has 1 aromatic rings. The summed E-state index contributed by atoms with van der Waals surface area (Å²) in [6, 6.07) is 0. The van der Waals surface area contributed by atoms with Crippen molar-refractivity contribution in [2.75, 3.05) is 19.8 Å². The lowest BCUT2D eigenvalue weighted by Gasteiger charge is -2.08. The highest BCUT2D eigenvalue weighted by Crippen LogP contribution is 2.33. The number of H-pyrrole nitrogens is 1. The van der Waals surface area contributed by atoms with Gasteiger partial charge >= 0.3 is 5.97 Å². The zero-order chi connectivity index (χ0) is 13.1. The third-order valence-corrected chi connectivity index (χ3v) is 2.79. The Morgan fingerprint density at radius 3 is 2.83 bits per heavy atom. The van der Waals surface area contributed by atoms with Crippen LogP contribution in [0.15, 0.2) is 0 Å². The van der Waals surface area contributed by atoms with E-state index in [4.69, 9.17) is 19.3 Å². The highest BCUT2D eigenvalue weighted by atomic mass is 16.6. The average Bonchev–Trinajstić information content (AvgIpc) is 3.07. The third kappa shape index (κ3) is 3.16. The Morgan fingerprint density at radius 1 is 1.50 bits per heavy atom. The van der Waals surface area contributed by atoms with E-state index >= 15 is 0 Å². The van der Waals surface area contributed by atoms with Crippen LogP contribution in [-0.2, 0) is 9.53 Å². The maximum Gasteiger partial charge on any atom is 0.306 e. The summed E-state index contributed by atoms with van der Waals surface area (Å²) in [5.74, 6) is 0.254. The topological polar surface area (TPSA) is 84.1 Å². The third-order valence-electron chi connectivity index (χ3n) is 2.79. The van der Waals surface area contributed by atoms with E-state index in [0.717, 1.165) is 17.9 Å². The van der Waals surface area contributed by atoms with Gasteiger partial charge in [0.1, 0.15) is 19.3 Å². The number of hydrogen-bond donors (Lipinski definition) is 2. The Hall–Kier alpha value is -1.69. The van der Waals surface area contributed by atoms with Crippen LogP contribution in [0, 0.1) is 13.8 Å². The number of epoxide rings is 1. The Morgan fingerprint density at radius 2 is 2.22 bits per heavy atom. The van der Waals surface area contributed by atoms with Gasteiger partial charge in [0.2, 0.25) is 5.88 Å². The molecule has 0 aliphatic carbocycles. The molecule has 0 spiro atoms. The first-order valence-corrected chi connectivity index (χ1v) is 5.86. The van der Waals surface area contributed by atoms with E-state index in [1.165, 1.54) is 0 Å². The predicted molar refractivity (Wildman–Crippen MR) is 63.2 cm³/mol. The fraction of sp³-hybridized carbons (Fsp3) is 0.583. The first kappa shape index (κ1) is 12.8. The SMILES string of the molecule is Cc1[nH]c(OCCC(=O)O)c(OCC2CO2)c1C. The lowest BCUT2D eigenvalue weighted by atomic mass is 10.3.